The fourth-order valence-electron chi connectivity index (χ4n) is 3.92. The van der Waals surface area contributed by atoms with Gasteiger partial charge in [-0.1, -0.05) is 71.0 Å². The Morgan fingerprint density at radius 3 is 2.06 bits per heavy atom. The first-order valence-electron chi connectivity index (χ1n) is 11.4. The molecule has 0 radical (unpaired) electrons. The summed E-state index contributed by atoms with van der Waals surface area (Å²) in [6, 6.07) is 14.9. The third-order valence-corrected chi connectivity index (χ3v) is 5.32. The largest absolute Gasteiger partial charge is 0.463 e. The van der Waals surface area contributed by atoms with Crippen molar-refractivity contribution in [1.29, 1.82) is 0 Å². The van der Waals surface area contributed by atoms with Crippen molar-refractivity contribution in [2.75, 3.05) is 0 Å². The number of halogens is 1. The molecule has 0 spiro atoms. The zero-order valence-electron chi connectivity index (χ0n) is 20.6. The van der Waals surface area contributed by atoms with Crippen LogP contribution in [0.4, 0.5) is 0 Å². The monoisotopic (exact) mass is 447 g/mol. The fourth-order valence-corrected chi connectivity index (χ4v) is 3.92. The smallest absolute Gasteiger partial charge is 0.215 e. The third-order valence-electron chi connectivity index (χ3n) is 5.32. The first kappa shape index (κ1) is 27.5. The van der Waals surface area contributed by atoms with Gasteiger partial charge >= 0.3 is 0 Å². The normalized spacial score (nSPS) is 12.7. The number of rotatable bonds is 11. The molecular formula is C27H42ClNO2. The molecule has 0 aliphatic rings. The minimum atomic E-state index is -0.404. The van der Waals surface area contributed by atoms with Gasteiger partial charge in [-0.25, -0.2) is 0 Å². The molecule has 1 unspecified atom stereocenters. The van der Waals surface area contributed by atoms with Gasteiger partial charge in [-0.2, -0.15) is 5.48 Å². The Morgan fingerprint density at radius 1 is 0.839 bits per heavy atom. The van der Waals surface area contributed by atoms with E-state index in [1.165, 1.54) is 22.3 Å². The summed E-state index contributed by atoms with van der Waals surface area (Å²) in [4.78, 5) is 5.97. The van der Waals surface area contributed by atoms with Gasteiger partial charge in [0, 0.05) is 0 Å². The van der Waals surface area contributed by atoms with Crippen LogP contribution in [0.15, 0.2) is 42.5 Å². The molecule has 0 heterocycles. The van der Waals surface area contributed by atoms with Crippen LogP contribution in [0.25, 0.3) is 0 Å². The third kappa shape index (κ3) is 8.14. The molecule has 174 valence electrons. The zero-order valence-corrected chi connectivity index (χ0v) is 21.4. The van der Waals surface area contributed by atoms with Gasteiger partial charge in [-0.05, 0) is 80.2 Å². The fraction of sp³-hybridized carbons (Fsp3) is 0.556. The molecule has 2 aromatic rings. The van der Waals surface area contributed by atoms with Crippen LogP contribution in [0.1, 0.15) is 77.6 Å². The lowest BCUT2D eigenvalue weighted by Crippen LogP contribution is -2.40. The van der Waals surface area contributed by atoms with E-state index in [1.54, 1.807) is 0 Å². The van der Waals surface area contributed by atoms with Gasteiger partial charge < -0.3 is 4.74 Å². The number of benzene rings is 2. The quantitative estimate of drug-likeness (QED) is 0.290. The number of aryl methyl sites for hydroxylation is 1. The summed E-state index contributed by atoms with van der Waals surface area (Å²) in [5.41, 5.74) is 8.21. The molecule has 2 rings (SSSR count). The summed E-state index contributed by atoms with van der Waals surface area (Å²) in [6.45, 7) is 17.4. The van der Waals surface area contributed by atoms with Gasteiger partial charge in [0.1, 0.15) is 5.75 Å². The Labute approximate surface area is 196 Å². The lowest BCUT2D eigenvalue weighted by Gasteiger charge is -2.30. The van der Waals surface area contributed by atoms with Crippen LogP contribution < -0.4 is 10.2 Å². The molecule has 1 N–H and O–H groups in total. The SMILES string of the molecule is CCc1ccccc1C(C)(C)NOC(C)Oc1cccc(CC(C)C)c1CC(C)C.Cl. The number of hydroxylamine groups is 1. The topological polar surface area (TPSA) is 30.5 Å². The van der Waals surface area contributed by atoms with Gasteiger partial charge in [-0.3, -0.25) is 4.84 Å². The molecule has 0 aliphatic carbocycles. The lowest BCUT2D eigenvalue weighted by molar-refractivity contribution is -0.145. The van der Waals surface area contributed by atoms with Gasteiger partial charge in [-0.15, -0.1) is 12.4 Å². The van der Waals surface area contributed by atoms with Crippen molar-refractivity contribution in [1.82, 2.24) is 5.48 Å². The Bertz CT molecular complexity index is 802. The lowest BCUT2D eigenvalue weighted by atomic mass is 9.90. The van der Waals surface area contributed by atoms with Crippen molar-refractivity contribution in [3.05, 3.63) is 64.7 Å². The van der Waals surface area contributed by atoms with Crippen LogP contribution >= 0.6 is 12.4 Å². The highest BCUT2D eigenvalue weighted by Crippen LogP contribution is 2.29. The maximum atomic E-state index is 6.27. The van der Waals surface area contributed by atoms with E-state index in [0.29, 0.717) is 11.8 Å². The Balaban J connectivity index is 0.00000480. The summed E-state index contributed by atoms with van der Waals surface area (Å²) in [6.07, 6.45) is 2.66. The van der Waals surface area contributed by atoms with Crippen molar-refractivity contribution in [2.45, 2.75) is 86.5 Å². The summed E-state index contributed by atoms with van der Waals surface area (Å²) < 4.78 is 6.27. The average molecular weight is 448 g/mol. The maximum Gasteiger partial charge on any atom is 0.215 e. The van der Waals surface area contributed by atoms with Crippen molar-refractivity contribution in [3.63, 3.8) is 0 Å². The Morgan fingerprint density at radius 2 is 1.45 bits per heavy atom. The molecule has 4 heteroatoms. The van der Waals surface area contributed by atoms with E-state index in [1.807, 2.05) is 6.92 Å². The van der Waals surface area contributed by atoms with Crippen LogP contribution in [0.3, 0.4) is 0 Å². The zero-order chi connectivity index (χ0) is 22.3. The maximum absolute atomic E-state index is 6.27. The van der Waals surface area contributed by atoms with E-state index in [4.69, 9.17) is 9.57 Å². The van der Waals surface area contributed by atoms with E-state index < -0.39 is 6.29 Å². The predicted molar refractivity (Wildman–Crippen MR) is 134 cm³/mol. The molecule has 0 saturated heterocycles. The van der Waals surface area contributed by atoms with Crippen LogP contribution in [-0.2, 0) is 29.6 Å². The molecule has 2 aromatic carbocycles. The predicted octanol–water partition coefficient (Wildman–Crippen LogP) is 7.25. The van der Waals surface area contributed by atoms with E-state index in [-0.39, 0.29) is 17.9 Å². The molecule has 0 amide bonds. The van der Waals surface area contributed by atoms with Crippen molar-refractivity contribution < 1.29 is 9.57 Å². The molecule has 1 atom stereocenters. The molecule has 0 aliphatic heterocycles. The number of ether oxygens (including phenoxy) is 1. The van der Waals surface area contributed by atoms with Crippen molar-refractivity contribution >= 4 is 12.4 Å². The molecule has 0 bridgehead atoms. The first-order chi connectivity index (χ1) is 14.1. The summed E-state index contributed by atoms with van der Waals surface area (Å²) in [5.74, 6) is 2.11. The molecular weight excluding hydrogens is 406 g/mol. The Kier molecular flexibility index (Phi) is 11.1. The second-order valence-electron chi connectivity index (χ2n) is 9.63. The molecule has 31 heavy (non-hydrogen) atoms. The minimum Gasteiger partial charge on any atom is -0.463 e. The van der Waals surface area contributed by atoms with Gasteiger partial charge in [0.2, 0.25) is 6.29 Å². The van der Waals surface area contributed by atoms with Crippen molar-refractivity contribution in [2.24, 2.45) is 11.8 Å². The molecule has 0 saturated carbocycles. The Hall–Kier alpha value is -1.55. The first-order valence-corrected chi connectivity index (χ1v) is 11.4. The van der Waals surface area contributed by atoms with E-state index in [2.05, 4.69) is 96.4 Å². The standard InChI is InChI=1S/C27H41NO2.ClH/c1-9-22-13-10-11-15-25(22)27(7,8)28-30-21(6)29-26-16-12-14-23(17-19(2)3)24(26)18-20(4)5;/h10-16,19-21,28H,9,17-18H2,1-8H3;1H. The second-order valence-corrected chi connectivity index (χ2v) is 9.63. The number of nitrogens with one attached hydrogen (secondary N) is 1. The summed E-state index contributed by atoms with van der Waals surface area (Å²) >= 11 is 0. The molecule has 0 fully saturated rings. The van der Waals surface area contributed by atoms with Crippen LogP contribution in [-0.4, -0.2) is 6.29 Å². The van der Waals surface area contributed by atoms with Crippen LogP contribution in [0, 0.1) is 11.8 Å². The summed E-state index contributed by atoms with van der Waals surface area (Å²) in [7, 11) is 0. The molecule has 3 nitrogen and oxygen atoms in total. The highest BCUT2D eigenvalue weighted by atomic mass is 35.5. The second kappa shape index (κ2) is 12.5. The van der Waals surface area contributed by atoms with Crippen molar-refractivity contribution in [3.8, 4) is 5.75 Å². The highest BCUT2D eigenvalue weighted by Gasteiger charge is 2.24. The minimum absolute atomic E-state index is 0. The molecule has 0 aromatic heterocycles. The van der Waals surface area contributed by atoms with Crippen LogP contribution in [0.5, 0.6) is 5.75 Å². The van der Waals surface area contributed by atoms with Gasteiger partial charge in [0.25, 0.3) is 0 Å². The van der Waals surface area contributed by atoms with E-state index in [9.17, 15) is 0 Å². The average Bonchev–Trinajstić information content (AvgIpc) is 2.68. The van der Waals surface area contributed by atoms with Gasteiger partial charge in [0.15, 0.2) is 0 Å². The summed E-state index contributed by atoms with van der Waals surface area (Å²) in [5, 5.41) is 0. The number of hydrogen-bond donors (Lipinski definition) is 1. The van der Waals surface area contributed by atoms with E-state index in [0.717, 1.165) is 25.0 Å². The number of hydrogen-bond acceptors (Lipinski definition) is 3. The van der Waals surface area contributed by atoms with E-state index >= 15 is 0 Å². The van der Waals surface area contributed by atoms with Gasteiger partial charge in [0.05, 0.1) is 5.54 Å². The van der Waals surface area contributed by atoms with Crippen LogP contribution in [0.2, 0.25) is 0 Å². The highest BCUT2D eigenvalue weighted by molar-refractivity contribution is 5.85.